The lowest BCUT2D eigenvalue weighted by Gasteiger charge is -2.20. The highest BCUT2D eigenvalue weighted by Crippen LogP contribution is 2.35. The molecule has 7 heteroatoms. The zero-order chi connectivity index (χ0) is 20.1. The number of ether oxygens (including phenoxy) is 1. The lowest BCUT2D eigenvalue weighted by atomic mass is 10.2. The Morgan fingerprint density at radius 3 is 2.57 bits per heavy atom. The third kappa shape index (κ3) is 4.74. The lowest BCUT2D eigenvalue weighted by Crippen LogP contribution is -3.06. The number of methoxy groups -OCH3 is 1. The van der Waals surface area contributed by atoms with E-state index in [0.29, 0.717) is 23.1 Å². The lowest BCUT2D eigenvalue weighted by molar-refractivity contribution is -0.908. The molecule has 5 nitrogen and oxygen atoms in total. The number of hydrogen-bond donors (Lipinski definition) is 1. The van der Waals surface area contributed by atoms with Crippen LogP contribution in [0.15, 0.2) is 53.9 Å². The van der Waals surface area contributed by atoms with Crippen LogP contribution in [0.5, 0.6) is 5.75 Å². The van der Waals surface area contributed by atoms with E-state index in [0.717, 1.165) is 17.8 Å². The number of nitrogens with one attached hydrogen (secondary N) is 1. The number of benzene rings is 2. The van der Waals surface area contributed by atoms with Crippen LogP contribution in [0.1, 0.15) is 18.2 Å². The highest BCUT2D eigenvalue weighted by Gasteiger charge is 2.21. The van der Waals surface area contributed by atoms with Crippen molar-refractivity contribution in [3.05, 3.63) is 71.0 Å². The van der Waals surface area contributed by atoms with Crippen LogP contribution in [0.2, 0.25) is 0 Å². The molecule has 3 rings (SSSR count). The van der Waals surface area contributed by atoms with Crippen LogP contribution in [-0.2, 0) is 17.9 Å². The Labute approximate surface area is 168 Å². The first-order valence-electron chi connectivity index (χ1n) is 8.91. The number of thiazole rings is 1. The maximum absolute atomic E-state index is 13.1. The van der Waals surface area contributed by atoms with E-state index < -0.39 is 0 Å². The highest BCUT2D eigenvalue weighted by molar-refractivity contribution is 7.14. The number of carbonyl (C=O) groups excluding carboxylic acids is 1. The summed E-state index contributed by atoms with van der Waals surface area (Å²) >= 11 is 1.43. The smallest absolute Gasteiger partial charge is 0.230 e. The zero-order valence-electron chi connectivity index (χ0n) is 16.1. The third-order valence-corrected chi connectivity index (χ3v) is 5.15. The summed E-state index contributed by atoms with van der Waals surface area (Å²) in [6, 6.07) is 13.9. The molecule has 0 radical (unpaired) electrons. The fraction of sp³-hybridized carbons (Fsp3) is 0.238. The fourth-order valence-corrected chi connectivity index (χ4v) is 3.90. The number of anilines is 2. The summed E-state index contributed by atoms with van der Waals surface area (Å²) in [5.41, 5.74) is 2.64. The summed E-state index contributed by atoms with van der Waals surface area (Å²) in [4.78, 5) is 19.8. The van der Waals surface area contributed by atoms with Gasteiger partial charge in [-0.1, -0.05) is 24.3 Å². The van der Waals surface area contributed by atoms with Gasteiger partial charge in [-0.2, -0.15) is 0 Å². The molecule has 0 aliphatic rings. The van der Waals surface area contributed by atoms with Gasteiger partial charge in [-0.05, 0) is 24.3 Å². The van der Waals surface area contributed by atoms with Crippen molar-refractivity contribution in [1.29, 1.82) is 0 Å². The summed E-state index contributed by atoms with van der Waals surface area (Å²) in [5, 5.41) is 2.58. The number of hydrogen-bond acceptors (Lipinski definition) is 4. The molecule has 0 saturated heterocycles. The van der Waals surface area contributed by atoms with Gasteiger partial charge in [0.2, 0.25) is 5.91 Å². The van der Waals surface area contributed by atoms with E-state index in [2.05, 4.69) is 12.0 Å². The average molecular weight is 400 g/mol. The van der Waals surface area contributed by atoms with Crippen molar-refractivity contribution in [3.63, 3.8) is 0 Å². The minimum atomic E-state index is -0.230. The summed E-state index contributed by atoms with van der Waals surface area (Å²) < 4.78 is 18.4. The number of halogens is 1. The van der Waals surface area contributed by atoms with E-state index in [4.69, 9.17) is 4.74 Å². The summed E-state index contributed by atoms with van der Waals surface area (Å²) in [7, 11) is 3.64. The Balaban J connectivity index is 1.75. The molecule has 1 aromatic heterocycles. The van der Waals surface area contributed by atoms with E-state index in [1.165, 1.54) is 35.3 Å². The summed E-state index contributed by atoms with van der Waals surface area (Å²) in [6.45, 7) is 2.97. The number of amides is 1. The van der Waals surface area contributed by atoms with Crippen LogP contribution in [0.25, 0.3) is 0 Å². The van der Waals surface area contributed by atoms with Crippen molar-refractivity contribution < 1.29 is 18.8 Å². The number of nitrogens with zero attached hydrogens (tertiary/aromatic N) is 2. The molecule has 1 unspecified atom stereocenters. The molecule has 1 amide bonds. The van der Waals surface area contributed by atoms with Crippen molar-refractivity contribution >= 4 is 28.1 Å². The standard InChI is InChI=1S/C21H22FN3O2S/c1-15(26)25(19-6-4-5-7-20(19)27-3)21-23-18(14-28-21)13-24(2)12-16-8-10-17(22)11-9-16/h4-11,14H,12-13H2,1-3H3/p+1. The van der Waals surface area contributed by atoms with Gasteiger partial charge in [0.1, 0.15) is 30.4 Å². The van der Waals surface area contributed by atoms with Gasteiger partial charge in [0.15, 0.2) is 5.13 Å². The van der Waals surface area contributed by atoms with Gasteiger partial charge in [-0.15, -0.1) is 11.3 Å². The molecule has 0 aliphatic carbocycles. The maximum atomic E-state index is 13.1. The van der Waals surface area contributed by atoms with Crippen LogP contribution < -0.4 is 14.5 Å². The minimum absolute atomic E-state index is 0.127. The van der Waals surface area contributed by atoms with Gasteiger partial charge < -0.3 is 9.64 Å². The molecule has 146 valence electrons. The highest BCUT2D eigenvalue weighted by atomic mass is 32.1. The molecule has 0 fully saturated rings. The summed E-state index contributed by atoms with van der Waals surface area (Å²) in [6.07, 6.45) is 0. The molecule has 1 heterocycles. The molecule has 1 atom stereocenters. The molecule has 3 aromatic rings. The summed E-state index contributed by atoms with van der Waals surface area (Å²) in [5.74, 6) is 0.261. The van der Waals surface area contributed by atoms with Crippen molar-refractivity contribution in [2.24, 2.45) is 0 Å². The zero-order valence-corrected chi connectivity index (χ0v) is 16.9. The molecule has 0 bridgehead atoms. The Bertz CT molecular complexity index is 943. The quantitative estimate of drug-likeness (QED) is 0.663. The second-order valence-electron chi connectivity index (χ2n) is 6.58. The van der Waals surface area contributed by atoms with E-state index >= 15 is 0 Å². The van der Waals surface area contributed by atoms with Crippen LogP contribution in [0.3, 0.4) is 0 Å². The van der Waals surface area contributed by atoms with Crippen LogP contribution in [0, 0.1) is 5.82 Å². The number of quaternary nitrogens is 1. The van der Waals surface area contributed by atoms with Crippen LogP contribution >= 0.6 is 11.3 Å². The largest absolute Gasteiger partial charge is 0.495 e. The topological polar surface area (TPSA) is 46.9 Å². The molecular weight excluding hydrogens is 377 g/mol. The van der Waals surface area contributed by atoms with E-state index in [1.54, 1.807) is 24.1 Å². The fourth-order valence-electron chi connectivity index (χ4n) is 3.02. The Hall–Kier alpha value is -2.77. The van der Waals surface area contributed by atoms with Gasteiger partial charge in [0.05, 0.1) is 19.8 Å². The molecule has 28 heavy (non-hydrogen) atoms. The Morgan fingerprint density at radius 1 is 1.18 bits per heavy atom. The Morgan fingerprint density at radius 2 is 1.89 bits per heavy atom. The predicted octanol–water partition coefficient (Wildman–Crippen LogP) is 3.19. The molecular formula is C21H23FN3O2S+. The number of rotatable bonds is 7. The van der Waals surface area contributed by atoms with Gasteiger partial charge in [-0.3, -0.25) is 9.69 Å². The first-order chi connectivity index (χ1) is 13.5. The Kier molecular flexibility index (Phi) is 6.38. The van der Waals surface area contributed by atoms with Crippen LogP contribution in [0.4, 0.5) is 15.2 Å². The van der Waals surface area contributed by atoms with Gasteiger partial charge in [0.25, 0.3) is 0 Å². The first-order valence-corrected chi connectivity index (χ1v) is 9.79. The third-order valence-electron chi connectivity index (χ3n) is 4.27. The molecule has 0 spiro atoms. The van der Waals surface area contributed by atoms with Crippen molar-refractivity contribution in [2.75, 3.05) is 19.1 Å². The monoisotopic (exact) mass is 400 g/mol. The van der Waals surface area contributed by atoms with Crippen LogP contribution in [-0.4, -0.2) is 25.0 Å². The average Bonchev–Trinajstić information content (AvgIpc) is 3.11. The van der Waals surface area contributed by atoms with Crippen molar-refractivity contribution in [2.45, 2.75) is 20.0 Å². The van der Waals surface area contributed by atoms with E-state index in [1.807, 2.05) is 29.6 Å². The van der Waals surface area contributed by atoms with Crippen molar-refractivity contribution in [3.8, 4) is 5.75 Å². The second kappa shape index (κ2) is 8.95. The van der Waals surface area contributed by atoms with E-state index in [-0.39, 0.29) is 11.7 Å². The second-order valence-corrected chi connectivity index (χ2v) is 7.42. The van der Waals surface area contributed by atoms with Crippen molar-refractivity contribution in [1.82, 2.24) is 4.98 Å². The first kappa shape index (κ1) is 20.0. The van der Waals surface area contributed by atoms with Gasteiger partial charge >= 0.3 is 0 Å². The van der Waals surface area contributed by atoms with Gasteiger partial charge in [-0.25, -0.2) is 9.37 Å². The molecule has 0 saturated carbocycles. The van der Waals surface area contributed by atoms with Gasteiger partial charge in [0, 0.05) is 17.9 Å². The number of aromatic nitrogens is 1. The maximum Gasteiger partial charge on any atom is 0.230 e. The molecule has 1 N–H and O–H groups in total. The molecule has 0 aliphatic heterocycles. The normalized spacial score (nSPS) is 11.9. The SMILES string of the molecule is COc1ccccc1N(C(C)=O)c1nc(C[NH+](C)Cc2ccc(F)cc2)cs1. The predicted molar refractivity (Wildman–Crippen MR) is 109 cm³/mol. The number of carbonyl (C=O) groups is 1. The minimum Gasteiger partial charge on any atom is -0.495 e. The number of para-hydroxylation sites is 2. The van der Waals surface area contributed by atoms with E-state index in [9.17, 15) is 9.18 Å². The molecule has 2 aromatic carbocycles.